The maximum Gasteiger partial charge on any atom is 0.187 e. The highest BCUT2D eigenvalue weighted by Gasteiger charge is 2.20. The Balaban J connectivity index is 4.61. The smallest absolute Gasteiger partial charge is 0.187 e. The van der Waals surface area contributed by atoms with Crippen molar-refractivity contribution in [2.24, 2.45) is 5.92 Å². The van der Waals surface area contributed by atoms with Crippen LogP contribution < -0.4 is 15.3 Å². The van der Waals surface area contributed by atoms with E-state index in [1.165, 1.54) is 0 Å². The van der Waals surface area contributed by atoms with Crippen molar-refractivity contribution in [1.82, 2.24) is 0 Å². The predicted molar refractivity (Wildman–Crippen MR) is 28.1 cm³/mol. The third-order valence-electron chi connectivity index (χ3n) is 1.17. The Labute approximate surface area is 71.6 Å². The summed E-state index contributed by atoms with van der Waals surface area (Å²) in [5, 5.41) is 29.8. The fourth-order valence-corrected chi connectivity index (χ4v) is 0.592. The van der Waals surface area contributed by atoms with E-state index in [4.69, 9.17) is 0 Å². The molecule has 1 atom stereocenters. The number of rotatable bonds is 5. The zero-order valence-corrected chi connectivity index (χ0v) is 6.14. The molecule has 0 saturated heterocycles. The van der Waals surface area contributed by atoms with E-state index in [1.807, 2.05) is 0 Å². The second-order valence-electron chi connectivity index (χ2n) is 2.10. The zero-order valence-electron chi connectivity index (χ0n) is 6.14. The summed E-state index contributed by atoms with van der Waals surface area (Å²) >= 11 is 0. The summed E-state index contributed by atoms with van der Waals surface area (Å²) in [5.74, 6) is -10.3. The van der Waals surface area contributed by atoms with E-state index in [1.54, 1.807) is 0 Å². The van der Waals surface area contributed by atoms with Gasteiger partial charge in [0.15, 0.2) is 5.78 Å². The fourth-order valence-electron chi connectivity index (χ4n) is 0.592. The van der Waals surface area contributed by atoms with Gasteiger partial charge in [0.25, 0.3) is 0 Å². The van der Waals surface area contributed by atoms with Gasteiger partial charge < -0.3 is 29.7 Å². The first-order valence-electron chi connectivity index (χ1n) is 3.02. The van der Waals surface area contributed by atoms with Gasteiger partial charge in [-0.05, 0) is 0 Å². The number of aliphatic carboxylic acids is 3. The molecule has 0 aliphatic carbocycles. The van der Waals surface area contributed by atoms with E-state index in [9.17, 15) is 34.5 Å². The maximum atomic E-state index is 10.4. The maximum absolute atomic E-state index is 10.4. The van der Waals surface area contributed by atoms with Crippen LogP contribution >= 0.6 is 0 Å². The van der Waals surface area contributed by atoms with E-state index in [0.717, 1.165) is 0 Å². The van der Waals surface area contributed by atoms with Crippen LogP contribution in [-0.4, -0.2) is 23.7 Å². The highest BCUT2D eigenvalue weighted by molar-refractivity contribution is 6.36. The minimum absolute atomic E-state index is 1.24. The van der Waals surface area contributed by atoms with Gasteiger partial charge in [0.2, 0.25) is 0 Å². The molecule has 0 aliphatic rings. The molecule has 0 aromatic carbocycles. The molecule has 0 aromatic rings. The zero-order chi connectivity index (χ0) is 10.6. The Hall–Kier alpha value is -1.92. The van der Waals surface area contributed by atoms with Gasteiger partial charge in [-0.15, -0.1) is 0 Å². The van der Waals surface area contributed by atoms with Crippen molar-refractivity contribution in [3.8, 4) is 0 Å². The first-order valence-corrected chi connectivity index (χ1v) is 3.02. The number of hydrogen-bond acceptors (Lipinski definition) is 7. The Kier molecular flexibility index (Phi) is 3.57. The molecule has 0 amide bonds. The summed E-state index contributed by atoms with van der Waals surface area (Å²) in [5.41, 5.74) is 0. The van der Waals surface area contributed by atoms with Crippen molar-refractivity contribution >= 4 is 23.7 Å². The SMILES string of the molecule is O=C([O-])C[C@@H](C(=O)[O-])C(=O)C(=O)[O-]. The molecule has 0 rings (SSSR count). The number of carboxylic acid groups (broad SMARTS) is 3. The monoisotopic (exact) mass is 187 g/mol. The van der Waals surface area contributed by atoms with Gasteiger partial charge in [-0.3, -0.25) is 4.79 Å². The van der Waals surface area contributed by atoms with Crippen molar-refractivity contribution in [3.63, 3.8) is 0 Å². The third-order valence-corrected chi connectivity index (χ3v) is 1.17. The van der Waals surface area contributed by atoms with Crippen molar-refractivity contribution < 1.29 is 34.5 Å². The molecule has 0 spiro atoms. The molecule has 0 bridgehead atoms. The van der Waals surface area contributed by atoms with Gasteiger partial charge in [0.05, 0.1) is 11.9 Å². The molecule has 0 fully saturated rings. The minimum Gasteiger partial charge on any atom is -0.550 e. The molecule has 7 heteroatoms. The second-order valence-corrected chi connectivity index (χ2v) is 2.10. The van der Waals surface area contributed by atoms with Crippen LogP contribution in [0.2, 0.25) is 0 Å². The Morgan fingerprint density at radius 2 is 1.46 bits per heavy atom. The third kappa shape index (κ3) is 3.32. The van der Waals surface area contributed by atoms with Crippen LogP contribution in [0.4, 0.5) is 0 Å². The fraction of sp³-hybridized carbons (Fsp3) is 0.333. The lowest BCUT2D eigenvalue weighted by Gasteiger charge is -2.17. The normalized spacial score (nSPS) is 11.7. The topological polar surface area (TPSA) is 137 Å². The van der Waals surface area contributed by atoms with E-state index >= 15 is 0 Å². The molecule has 0 saturated carbocycles. The molecule has 0 unspecified atom stereocenters. The lowest BCUT2D eigenvalue weighted by molar-refractivity contribution is -0.321. The van der Waals surface area contributed by atoms with E-state index in [2.05, 4.69) is 0 Å². The molecular weight excluding hydrogens is 184 g/mol. The summed E-state index contributed by atoms with van der Waals surface area (Å²) in [7, 11) is 0. The van der Waals surface area contributed by atoms with E-state index in [0.29, 0.717) is 0 Å². The highest BCUT2D eigenvalue weighted by atomic mass is 16.4. The van der Waals surface area contributed by atoms with Gasteiger partial charge >= 0.3 is 0 Å². The van der Waals surface area contributed by atoms with Crippen molar-refractivity contribution in [3.05, 3.63) is 0 Å². The molecule has 0 aromatic heterocycles. The summed E-state index contributed by atoms with van der Waals surface area (Å²) in [6, 6.07) is 0. The molecular formula is C6H3O7-3. The van der Waals surface area contributed by atoms with E-state index < -0.39 is 36.0 Å². The number of carbonyl (C=O) groups excluding carboxylic acids is 4. The Morgan fingerprint density at radius 1 is 1.00 bits per heavy atom. The van der Waals surface area contributed by atoms with Crippen molar-refractivity contribution in [2.75, 3.05) is 0 Å². The number of carboxylic acids is 3. The first kappa shape index (κ1) is 11.1. The van der Waals surface area contributed by atoms with Gasteiger partial charge in [0.1, 0.15) is 5.97 Å². The van der Waals surface area contributed by atoms with Crippen molar-refractivity contribution in [1.29, 1.82) is 0 Å². The van der Waals surface area contributed by atoms with Crippen LogP contribution in [0.25, 0.3) is 0 Å². The minimum atomic E-state index is -2.27. The highest BCUT2D eigenvalue weighted by Crippen LogP contribution is 2.02. The molecule has 0 aliphatic heterocycles. The quantitative estimate of drug-likeness (QED) is 0.309. The van der Waals surface area contributed by atoms with Gasteiger partial charge in [-0.1, -0.05) is 0 Å². The lowest BCUT2D eigenvalue weighted by Crippen LogP contribution is -2.46. The standard InChI is InChI=1S/C6H6O7/c7-3(8)1-2(5(10)11)4(9)6(12)13/h2H,1H2,(H,7,8)(H,10,11)(H,12,13)/p-3/t2-/m1/s1. The molecule has 0 N–H and O–H groups in total. The Bertz CT molecular complexity index is 266. The first-order chi connectivity index (χ1) is 5.86. The van der Waals surface area contributed by atoms with Gasteiger partial charge in [-0.25, -0.2) is 0 Å². The summed E-state index contributed by atoms with van der Waals surface area (Å²) in [6.07, 6.45) is -1.24. The summed E-state index contributed by atoms with van der Waals surface area (Å²) in [4.78, 5) is 40.2. The molecule has 0 heterocycles. The molecule has 7 nitrogen and oxygen atoms in total. The number of carbonyl (C=O) groups is 4. The van der Waals surface area contributed by atoms with Crippen LogP contribution in [-0.2, 0) is 19.2 Å². The van der Waals surface area contributed by atoms with Gasteiger partial charge in [0, 0.05) is 12.4 Å². The largest absolute Gasteiger partial charge is 0.550 e. The molecule has 13 heavy (non-hydrogen) atoms. The van der Waals surface area contributed by atoms with Crippen LogP contribution in [0.5, 0.6) is 0 Å². The average Bonchev–Trinajstić information content (AvgIpc) is 1.97. The summed E-state index contributed by atoms with van der Waals surface area (Å²) in [6.45, 7) is 0. The lowest BCUT2D eigenvalue weighted by atomic mass is 10.0. The second kappa shape index (κ2) is 4.19. The predicted octanol–water partition coefficient (Wildman–Crippen LogP) is -5.19. The van der Waals surface area contributed by atoms with Crippen LogP contribution in [0.3, 0.4) is 0 Å². The van der Waals surface area contributed by atoms with Gasteiger partial charge in [-0.2, -0.15) is 0 Å². The summed E-state index contributed by atoms with van der Waals surface area (Å²) < 4.78 is 0. The average molecular weight is 187 g/mol. The molecule has 72 valence electrons. The van der Waals surface area contributed by atoms with Crippen LogP contribution in [0, 0.1) is 5.92 Å². The van der Waals surface area contributed by atoms with E-state index in [-0.39, 0.29) is 0 Å². The molecule has 0 radical (unpaired) electrons. The number of hydrogen-bond donors (Lipinski definition) is 0. The van der Waals surface area contributed by atoms with Crippen molar-refractivity contribution in [2.45, 2.75) is 6.42 Å². The number of ketones is 1. The number of Topliss-reactive ketones (excluding diaryl/α,β-unsaturated/α-hetero) is 1. The van der Waals surface area contributed by atoms with Crippen LogP contribution in [0.1, 0.15) is 6.42 Å². The Morgan fingerprint density at radius 3 is 1.69 bits per heavy atom. The van der Waals surface area contributed by atoms with Crippen LogP contribution in [0.15, 0.2) is 0 Å².